The Bertz CT molecular complexity index is 466. The van der Waals surface area contributed by atoms with Crippen LogP contribution in [0, 0.1) is 0 Å². The van der Waals surface area contributed by atoms with E-state index in [4.69, 9.17) is 10.7 Å². The summed E-state index contributed by atoms with van der Waals surface area (Å²) in [4.78, 5) is 27.0. The summed E-state index contributed by atoms with van der Waals surface area (Å²) in [5, 5.41) is 0. The monoisotopic (exact) mass is 194 g/mol. The topological polar surface area (TPSA) is 108 Å². The second kappa shape index (κ2) is 3.26. The number of nitrogens with zero attached hydrogens (tertiary/aromatic N) is 4. The van der Waals surface area contributed by atoms with Gasteiger partial charge in [-0.2, -0.15) is 0 Å². The number of carbonyl (C=O) groups excluding carboxylic acids is 1. The fourth-order valence-electron chi connectivity index (χ4n) is 0.929. The Morgan fingerprint density at radius 2 is 2.43 bits per heavy atom. The summed E-state index contributed by atoms with van der Waals surface area (Å²) < 4.78 is 1.10. The molecular weight excluding hydrogens is 188 g/mol. The van der Waals surface area contributed by atoms with Gasteiger partial charge in [0.1, 0.15) is 18.2 Å². The fourth-order valence-corrected chi connectivity index (χ4v) is 0.929. The number of rotatable bonds is 1. The summed E-state index contributed by atoms with van der Waals surface area (Å²) in [6.07, 6.45) is 3.32. The largest absolute Gasteiger partial charge is 0.446 e. The molecule has 8 heteroatoms. The Hall–Kier alpha value is -2.22. The third-order valence-corrected chi connectivity index (χ3v) is 1.48. The second-order valence-corrected chi connectivity index (χ2v) is 2.33. The molecule has 1 amide bonds. The molecule has 0 unspecified atom stereocenters. The molecule has 0 saturated heterocycles. The van der Waals surface area contributed by atoms with Gasteiger partial charge >= 0.3 is 6.09 Å². The van der Waals surface area contributed by atoms with Crippen molar-refractivity contribution < 1.29 is 9.63 Å². The van der Waals surface area contributed by atoms with Gasteiger partial charge in [-0.1, -0.05) is 0 Å². The highest BCUT2D eigenvalue weighted by molar-refractivity contribution is 5.71. The molecule has 3 N–H and O–H groups in total. The zero-order valence-corrected chi connectivity index (χ0v) is 6.91. The van der Waals surface area contributed by atoms with E-state index in [-0.39, 0.29) is 0 Å². The predicted octanol–water partition coefficient (Wildman–Crippen LogP) is -1.16. The molecule has 0 aliphatic heterocycles. The van der Waals surface area contributed by atoms with Gasteiger partial charge in [-0.05, 0) is 0 Å². The maximum absolute atomic E-state index is 10.8. The van der Waals surface area contributed by atoms with Crippen LogP contribution in [-0.2, 0) is 0 Å². The molecule has 0 radical (unpaired) electrons. The Balaban J connectivity index is 2.38. The van der Waals surface area contributed by atoms with Crippen molar-refractivity contribution in [1.82, 2.24) is 25.1 Å². The standard InChI is InChI=1S/C6H6N6O2/c7-11-6(13)14-12-3-10-4-1-8-2-9-5(4)12/h1-3H,7H2,(H,11,13). The number of nitrogens with two attached hydrogens (primary N) is 1. The van der Waals surface area contributed by atoms with Crippen LogP contribution in [0.2, 0.25) is 0 Å². The minimum Gasteiger partial charge on any atom is -0.313 e. The Morgan fingerprint density at radius 3 is 3.21 bits per heavy atom. The number of fused-ring (bicyclic) bond motifs is 1. The normalized spacial score (nSPS) is 10.1. The first kappa shape index (κ1) is 8.38. The lowest BCUT2D eigenvalue weighted by molar-refractivity contribution is 0.137. The summed E-state index contributed by atoms with van der Waals surface area (Å²) in [6, 6.07) is 0. The number of hydrazine groups is 1. The van der Waals surface area contributed by atoms with Crippen molar-refractivity contribution in [2.75, 3.05) is 0 Å². The lowest BCUT2D eigenvalue weighted by Gasteiger charge is -2.01. The van der Waals surface area contributed by atoms with Crippen molar-refractivity contribution in [2.45, 2.75) is 0 Å². The van der Waals surface area contributed by atoms with Crippen LogP contribution in [0.5, 0.6) is 0 Å². The lowest BCUT2D eigenvalue weighted by Crippen LogP contribution is -2.36. The van der Waals surface area contributed by atoms with Crippen LogP contribution in [-0.4, -0.2) is 25.8 Å². The van der Waals surface area contributed by atoms with Gasteiger partial charge in [0.05, 0.1) is 6.20 Å². The van der Waals surface area contributed by atoms with Crippen molar-refractivity contribution in [3.05, 3.63) is 18.9 Å². The van der Waals surface area contributed by atoms with E-state index in [9.17, 15) is 4.79 Å². The van der Waals surface area contributed by atoms with Crippen LogP contribution < -0.4 is 16.1 Å². The Kier molecular flexibility index (Phi) is 1.95. The van der Waals surface area contributed by atoms with Crippen LogP contribution in [0.15, 0.2) is 18.9 Å². The van der Waals surface area contributed by atoms with Gasteiger partial charge in [0.15, 0.2) is 5.65 Å². The first-order valence-corrected chi connectivity index (χ1v) is 3.63. The van der Waals surface area contributed by atoms with E-state index < -0.39 is 6.09 Å². The number of aromatic nitrogens is 4. The van der Waals surface area contributed by atoms with Crippen molar-refractivity contribution in [3.63, 3.8) is 0 Å². The van der Waals surface area contributed by atoms with Crippen molar-refractivity contribution >= 4 is 17.3 Å². The number of hydrogen-bond acceptors (Lipinski definition) is 6. The number of carbonyl (C=O) groups is 1. The van der Waals surface area contributed by atoms with Gasteiger partial charge in [-0.15, -0.1) is 4.73 Å². The highest BCUT2D eigenvalue weighted by Gasteiger charge is 2.07. The SMILES string of the molecule is NNC(=O)On1cnc2cncnc21. The van der Waals surface area contributed by atoms with Gasteiger partial charge in [0.2, 0.25) is 0 Å². The smallest absolute Gasteiger partial charge is 0.313 e. The molecule has 0 saturated carbocycles. The highest BCUT2D eigenvalue weighted by Crippen LogP contribution is 2.04. The molecule has 0 aliphatic rings. The second-order valence-electron chi connectivity index (χ2n) is 2.33. The van der Waals surface area contributed by atoms with E-state index in [1.54, 1.807) is 0 Å². The summed E-state index contributed by atoms with van der Waals surface area (Å²) in [5.74, 6) is 4.84. The third kappa shape index (κ3) is 1.33. The maximum atomic E-state index is 10.8. The third-order valence-electron chi connectivity index (χ3n) is 1.48. The molecule has 14 heavy (non-hydrogen) atoms. The summed E-state index contributed by atoms with van der Waals surface area (Å²) in [5.41, 5.74) is 2.73. The van der Waals surface area contributed by atoms with E-state index in [1.165, 1.54) is 18.9 Å². The molecular formula is C6H6N6O2. The minimum absolute atomic E-state index is 0.392. The quantitative estimate of drug-likeness (QED) is 0.336. The van der Waals surface area contributed by atoms with Gasteiger partial charge in [-0.3, -0.25) is 5.43 Å². The maximum Gasteiger partial charge on any atom is 0.446 e. The molecule has 72 valence electrons. The molecule has 8 nitrogen and oxygen atoms in total. The van der Waals surface area contributed by atoms with Gasteiger partial charge in [0, 0.05) is 0 Å². The van der Waals surface area contributed by atoms with Crippen molar-refractivity contribution in [2.24, 2.45) is 5.84 Å². The van der Waals surface area contributed by atoms with E-state index in [0.29, 0.717) is 11.2 Å². The van der Waals surface area contributed by atoms with Crippen LogP contribution >= 0.6 is 0 Å². The molecule has 2 aromatic heterocycles. The molecule has 0 bridgehead atoms. The number of nitrogens with one attached hydrogen (secondary N) is 1. The van der Waals surface area contributed by atoms with Crippen LogP contribution in [0.25, 0.3) is 11.2 Å². The van der Waals surface area contributed by atoms with Gasteiger partial charge < -0.3 is 4.84 Å². The first-order valence-electron chi connectivity index (χ1n) is 3.63. The molecule has 0 aliphatic carbocycles. The Labute approximate surface area is 77.6 Å². The summed E-state index contributed by atoms with van der Waals surface area (Å²) in [6.45, 7) is 0. The molecule has 0 aromatic carbocycles. The van der Waals surface area contributed by atoms with Crippen LogP contribution in [0.4, 0.5) is 4.79 Å². The number of hydrogen-bond donors (Lipinski definition) is 2. The number of amides is 1. The molecule has 0 spiro atoms. The fraction of sp³-hybridized carbons (Fsp3) is 0. The average Bonchev–Trinajstić information content (AvgIpc) is 2.62. The van der Waals surface area contributed by atoms with E-state index in [1.807, 2.05) is 5.43 Å². The summed E-state index contributed by atoms with van der Waals surface area (Å²) >= 11 is 0. The van der Waals surface area contributed by atoms with E-state index >= 15 is 0 Å². The van der Waals surface area contributed by atoms with E-state index in [0.717, 1.165) is 4.73 Å². The molecule has 2 rings (SSSR count). The van der Waals surface area contributed by atoms with Gasteiger partial charge in [-0.25, -0.2) is 25.6 Å². The zero-order chi connectivity index (χ0) is 9.97. The molecule has 2 aromatic rings. The van der Waals surface area contributed by atoms with E-state index in [2.05, 4.69) is 15.0 Å². The molecule has 0 atom stereocenters. The van der Waals surface area contributed by atoms with Crippen LogP contribution in [0.3, 0.4) is 0 Å². The highest BCUT2D eigenvalue weighted by atomic mass is 16.7. The molecule has 2 heterocycles. The zero-order valence-electron chi connectivity index (χ0n) is 6.91. The lowest BCUT2D eigenvalue weighted by atomic mass is 10.6. The number of imidazole rings is 1. The Morgan fingerprint density at radius 1 is 1.57 bits per heavy atom. The first-order chi connectivity index (χ1) is 6.81. The van der Waals surface area contributed by atoms with Crippen molar-refractivity contribution in [3.8, 4) is 0 Å². The molecule has 0 fully saturated rings. The summed E-state index contributed by atoms with van der Waals surface area (Å²) in [7, 11) is 0. The van der Waals surface area contributed by atoms with Crippen LogP contribution in [0.1, 0.15) is 0 Å². The predicted molar refractivity (Wildman–Crippen MR) is 44.6 cm³/mol. The van der Waals surface area contributed by atoms with Crippen molar-refractivity contribution in [1.29, 1.82) is 0 Å². The van der Waals surface area contributed by atoms with Gasteiger partial charge in [0.25, 0.3) is 0 Å². The minimum atomic E-state index is -0.803. The average molecular weight is 194 g/mol.